The first-order valence-corrected chi connectivity index (χ1v) is 12.8. The first-order valence-electron chi connectivity index (χ1n) is 11.9. The van der Waals surface area contributed by atoms with E-state index in [1.165, 1.54) is 12.1 Å². The molecular formula is C28H35N3O3S. The lowest BCUT2D eigenvalue weighted by Crippen LogP contribution is -2.32. The van der Waals surface area contributed by atoms with Gasteiger partial charge in [0.05, 0.1) is 21.2 Å². The van der Waals surface area contributed by atoms with Gasteiger partial charge in [-0.3, -0.25) is 25.3 Å². The van der Waals surface area contributed by atoms with Crippen LogP contribution in [0.1, 0.15) is 59.8 Å². The van der Waals surface area contributed by atoms with E-state index >= 15 is 0 Å². The monoisotopic (exact) mass is 493 g/mol. The second-order valence-corrected chi connectivity index (χ2v) is 11.7. The lowest BCUT2D eigenvalue weighted by atomic mass is 9.71. The van der Waals surface area contributed by atoms with E-state index in [2.05, 4.69) is 60.0 Å². The Morgan fingerprint density at radius 2 is 1.66 bits per heavy atom. The summed E-state index contributed by atoms with van der Waals surface area (Å²) in [6, 6.07) is 10.6. The largest absolute Gasteiger partial charge is 0.298 e. The van der Waals surface area contributed by atoms with Gasteiger partial charge in [0.2, 0.25) is 0 Å². The number of nitrogens with one attached hydrogen (secondary N) is 1. The van der Waals surface area contributed by atoms with Crippen molar-refractivity contribution in [1.82, 2.24) is 5.01 Å². The van der Waals surface area contributed by atoms with Crippen LogP contribution in [0.15, 0.2) is 70.6 Å². The standard InChI is InChI=1S/C28H35N3O3S/c1-8-14-30(29-20-11-9-12-21(18-20)31(33)34)25(24-13-10-15-35-24)19-16-22(27(2,3)4)26(32)23(17-19)28(5,6)7/h9-13,15-18,29H,8,14H2,1-7H3. The smallest absolute Gasteiger partial charge is 0.271 e. The van der Waals surface area contributed by atoms with Gasteiger partial charge in [0, 0.05) is 35.4 Å². The summed E-state index contributed by atoms with van der Waals surface area (Å²) in [6.45, 7) is 15.2. The van der Waals surface area contributed by atoms with Crippen LogP contribution in [-0.2, 0) is 4.79 Å². The SMILES string of the molecule is CCCN(Nc1cccc([N+](=O)[O-])c1)C(=C1C=C(C(C)(C)C)C(=O)C(C(C)(C)C)=C1)c1cccs1. The van der Waals surface area contributed by atoms with Crippen molar-refractivity contribution in [2.75, 3.05) is 12.0 Å². The van der Waals surface area contributed by atoms with Crippen LogP contribution in [0.5, 0.6) is 0 Å². The van der Waals surface area contributed by atoms with Gasteiger partial charge in [-0.05, 0) is 46.9 Å². The number of hydrogen-bond acceptors (Lipinski definition) is 6. The number of allylic oxidation sites excluding steroid dienone is 5. The molecule has 0 bridgehead atoms. The summed E-state index contributed by atoms with van der Waals surface area (Å²) < 4.78 is 0. The van der Waals surface area contributed by atoms with E-state index in [1.54, 1.807) is 17.4 Å². The molecule has 7 heteroatoms. The zero-order chi connectivity index (χ0) is 26.0. The summed E-state index contributed by atoms with van der Waals surface area (Å²) in [4.78, 5) is 25.5. The van der Waals surface area contributed by atoms with Gasteiger partial charge in [0.1, 0.15) is 0 Å². The molecule has 0 fully saturated rings. The van der Waals surface area contributed by atoms with Crippen molar-refractivity contribution >= 4 is 34.2 Å². The number of carbonyl (C=O) groups is 1. The van der Waals surface area contributed by atoms with E-state index in [-0.39, 0.29) is 22.3 Å². The lowest BCUT2D eigenvalue weighted by Gasteiger charge is -2.34. The molecule has 1 heterocycles. The Hall–Kier alpha value is -3.19. The molecule has 3 rings (SSSR count). The maximum absolute atomic E-state index is 13.5. The van der Waals surface area contributed by atoms with Crippen LogP contribution in [0.3, 0.4) is 0 Å². The molecule has 2 aromatic rings. The number of benzene rings is 1. The van der Waals surface area contributed by atoms with Gasteiger partial charge in [0.25, 0.3) is 5.69 Å². The minimum atomic E-state index is -0.391. The molecule has 1 aliphatic carbocycles. The molecule has 0 saturated carbocycles. The zero-order valence-corrected chi connectivity index (χ0v) is 22.5. The van der Waals surface area contributed by atoms with Crippen molar-refractivity contribution in [3.05, 3.63) is 85.6 Å². The summed E-state index contributed by atoms with van der Waals surface area (Å²) in [5, 5.41) is 15.4. The third-order valence-electron chi connectivity index (χ3n) is 5.77. The number of non-ortho nitro benzene ring substituents is 1. The minimum Gasteiger partial charge on any atom is -0.298 e. The van der Waals surface area contributed by atoms with Gasteiger partial charge in [-0.1, -0.05) is 60.6 Å². The number of nitro groups is 1. The predicted octanol–water partition coefficient (Wildman–Crippen LogP) is 7.63. The quantitative estimate of drug-likeness (QED) is 0.317. The molecular weight excluding hydrogens is 458 g/mol. The third kappa shape index (κ3) is 6.09. The third-order valence-corrected chi connectivity index (χ3v) is 6.65. The van der Waals surface area contributed by atoms with Crippen LogP contribution in [0.4, 0.5) is 11.4 Å². The maximum Gasteiger partial charge on any atom is 0.271 e. The van der Waals surface area contributed by atoms with Crippen molar-refractivity contribution in [2.24, 2.45) is 10.8 Å². The second kappa shape index (κ2) is 10.2. The van der Waals surface area contributed by atoms with Crippen LogP contribution < -0.4 is 5.43 Å². The molecule has 0 atom stereocenters. The van der Waals surface area contributed by atoms with Crippen molar-refractivity contribution in [3.8, 4) is 0 Å². The maximum atomic E-state index is 13.5. The average Bonchev–Trinajstić information content (AvgIpc) is 3.28. The number of nitro benzene ring substituents is 1. The Balaban J connectivity index is 2.26. The summed E-state index contributed by atoms with van der Waals surface area (Å²) in [5.74, 6) is 0.0907. The van der Waals surface area contributed by atoms with Crippen molar-refractivity contribution in [3.63, 3.8) is 0 Å². The molecule has 1 aliphatic rings. The highest BCUT2D eigenvalue weighted by molar-refractivity contribution is 7.11. The van der Waals surface area contributed by atoms with Crippen molar-refractivity contribution in [2.45, 2.75) is 54.9 Å². The number of carbonyl (C=O) groups excluding carboxylic acids is 1. The van der Waals surface area contributed by atoms with E-state index in [9.17, 15) is 14.9 Å². The number of thiophene rings is 1. The van der Waals surface area contributed by atoms with Crippen LogP contribution >= 0.6 is 11.3 Å². The fraction of sp³-hybridized carbons (Fsp3) is 0.393. The van der Waals surface area contributed by atoms with Crippen LogP contribution in [-0.4, -0.2) is 22.3 Å². The normalized spacial score (nSPS) is 14.4. The van der Waals surface area contributed by atoms with Gasteiger partial charge in [0.15, 0.2) is 5.78 Å². The summed E-state index contributed by atoms with van der Waals surface area (Å²) in [7, 11) is 0. The van der Waals surface area contributed by atoms with Gasteiger partial charge in [-0.2, -0.15) is 0 Å². The Labute approximate surface area is 212 Å². The van der Waals surface area contributed by atoms with Crippen molar-refractivity contribution < 1.29 is 9.72 Å². The Bertz CT molecular complexity index is 1160. The number of rotatable bonds is 7. The summed E-state index contributed by atoms with van der Waals surface area (Å²) >= 11 is 1.62. The Morgan fingerprint density at radius 1 is 1.03 bits per heavy atom. The summed E-state index contributed by atoms with van der Waals surface area (Å²) in [5.41, 5.74) is 6.89. The molecule has 0 aliphatic heterocycles. The number of Topliss-reactive ketones (excluding diaryl/α,β-unsaturated/α-hetero) is 1. The molecule has 0 amide bonds. The number of nitrogens with zero attached hydrogens (tertiary/aromatic N) is 2. The van der Waals surface area contributed by atoms with Gasteiger partial charge >= 0.3 is 0 Å². The molecule has 1 aromatic carbocycles. The second-order valence-electron chi connectivity index (χ2n) is 10.8. The molecule has 186 valence electrons. The number of ketones is 1. The highest BCUT2D eigenvalue weighted by Gasteiger charge is 2.35. The van der Waals surface area contributed by atoms with Crippen LogP contribution in [0.2, 0.25) is 0 Å². The number of hydrogen-bond donors (Lipinski definition) is 1. The van der Waals surface area contributed by atoms with Crippen LogP contribution in [0, 0.1) is 20.9 Å². The molecule has 35 heavy (non-hydrogen) atoms. The minimum absolute atomic E-state index is 0.0323. The lowest BCUT2D eigenvalue weighted by molar-refractivity contribution is -0.384. The average molecular weight is 494 g/mol. The van der Waals surface area contributed by atoms with Gasteiger partial charge in [-0.25, -0.2) is 0 Å². The van der Waals surface area contributed by atoms with Gasteiger partial charge in [-0.15, -0.1) is 11.3 Å². The summed E-state index contributed by atoms with van der Waals surface area (Å²) in [6.07, 6.45) is 4.89. The Kier molecular flexibility index (Phi) is 7.70. The van der Waals surface area contributed by atoms with Crippen LogP contribution in [0.25, 0.3) is 5.70 Å². The molecule has 0 unspecified atom stereocenters. The van der Waals surface area contributed by atoms with E-state index in [1.807, 2.05) is 34.7 Å². The van der Waals surface area contributed by atoms with E-state index in [4.69, 9.17) is 0 Å². The fourth-order valence-corrected chi connectivity index (χ4v) is 4.82. The molecule has 1 aromatic heterocycles. The first-order chi connectivity index (χ1) is 16.3. The molecule has 6 nitrogen and oxygen atoms in total. The predicted molar refractivity (Wildman–Crippen MR) is 145 cm³/mol. The van der Waals surface area contributed by atoms with E-state index in [0.717, 1.165) is 33.7 Å². The van der Waals surface area contributed by atoms with E-state index in [0.29, 0.717) is 12.2 Å². The van der Waals surface area contributed by atoms with Crippen molar-refractivity contribution in [1.29, 1.82) is 0 Å². The molecule has 0 saturated heterocycles. The number of anilines is 1. The topological polar surface area (TPSA) is 75.5 Å². The molecule has 1 N–H and O–H groups in total. The molecule has 0 radical (unpaired) electrons. The van der Waals surface area contributed by atoms with E-state index < -0.39 is 4.92 Å². The fourth-order valence-electron chi connectivity index (χ4n) is 4.02. The number of hydrazine groups is 1. The first kappa shape index (κ1) is 26.4. The Morgan fingerprint density at radius 3 is 2.14 bits per heavy atom. The highest BCUT2D eigenvalue weighted by atomic mass is 32.1. The highest BCUT2D eigenvalue weighted by Crippen LogP contribution is 2.41. The molecule has 0 spiro atoms. The zero-order valence-electron chi connectivity index (χ0n) is 21.6. The van der Waals surface area contributed by atoms with Gasteiger partial charge < -0.3 is 0 Å².